The van der Waals surface area contributed by atoms with Crippen molar-refractivity contribution in [2.75, 3.05) is 51.3 Å². The molecule has 1 aliphatic heterocycles. The number of benzene rings is 2. The van der Waals surface area contributed by atoms with E-state index in [0.29, 0.717) is 13.2 Å². The molecule has 0 aromatic heterocycles. The molecule has 0 bridgehead atoms. The normalized spacial score (nSPS) is 18.2. The van der Waals surface area contributed by atoms with Gasteiger partial charge in [0.1, 0.15) is 24.2 Å². The van der Waals surface area contributed by atoms with E-state index in [2.05, 4.69) is 34.1 Å². The number of β-amino-alcohol motifs (C(OH)–C–C–N with tert-alkyl or cyclic N) is 1. The summed E-state index contributed by atoms with van der Waals surface area (Å²) in [6, 6.07) is 14.6. The summed E-state index contributed by atoms with van der Waals surface area (Å²) in [5, 5.41) is 10.5. The molecule has 1 N–H and O–H groups in total. The molecule has 29 heavy (non-hydrogen) atoms. The van der Waals surface area contributed by atoms with Crippen LogP contribution in [0.25, 0.3) is 0 Å². The average Bonchev–Trinajstić information content (AvgIpc) is 2.78. The maximum Gasteiger partial charge on any atom is 0.122 e. The van der Waals surface area contributed by atoms with Crippen molar-refractivity contribution in [3.05, 3.63) is 53.6 Å². The highest BCUT2D eigenvalue weighted by atomic mass is 16.5. The lowest BCUT2D eigenvalue weighted by molar-refractivity contribution is 0.0659. The monoisotopic (exact) mass is 396 g/mol. The molecular formula is C24H32N2O3. The van der Waals surface area contributed by atoms with E-state index in [1.54, 1.807) is 7.11 Å². The van der Waals surface area contributed by atoms with Crippen molar-refractivity contribution in [1.29, 1.82) is 0 Å². The first-order chi connectivity index (χ1) is 14.2. The van der Waals surface area contributed by atoms with E-state index < -0.39 is 6.10 Å². The van der Waals surface area contributed by atoms with Gasteiger partial charge in [-0.05, 0) is 67.1 Å². The van der Waals surface area contributed by atoms with Gasteiger partial charge in [-0.3, -0.25) is 4.90 Å². The Bertz CT molecular complexity index is 785. The quantitative estimate of drug-likeness (QED) is 0.779. The molecule has 2 aliphatic rings. The van der Waals surface area contributed by atoms with E-state index in [1.807, 2.05) is 18.2 Å². The van der Waals surface area contributed by atoms with Crippen molar-refractivity contribution in [3.8, 4) is 11.5 Å². The van der Waals surface area contributed by atoms with Crippen molar-refractivity contribution in [1.82, 2.24) is 4.90 Å². The molecular weight excluding hydrogens is 364 g/mol. The van der Waals surface area contributed by atoms with Gasteiger partial charge in [-0.1, -0.05) is 12.1 Å². The van der Waals surface area contributed by atoms with Crippen LogP contribution in [0.5, 0.6) is 11.5 Å². The van der Waals surface area contributed by atoms with Gasteiger partial charge < -0.3 is 19.5 Å². The fraction of sp³-hybridized carbons (Fsp3) is 0.500. The maximum atomic E-state index is 10.5. The predicted molar refractivity (Wildman–Crippen MR) is 116 cm³/mol. The molecule has 1 unspecified atom stereocenters. The molecule has 4 rings (SSSR count). The van der Waals surface area contributed by atoms with Crippen molar-refractivity contribution in [2.45, 2.75) is 31.8 Å². The number of hydrogen-bond donors (Lipinski definition) is 1. The second-order valence-electron chi connectivity index (χ2n) is 8.05. The van der Waals surface area contributed by atoms with Crippen LogP contribution >= 0.6 is 0 Å². The smallest absolute Gasteiger partial charge is 0.122 e. The first-order valence-corrected chi connectivity index (χ1v) is 10.8. The molecule has 5 heteroatoms. The van der Waals surface area contributed by atoms with E-state index in [-0.39, 0.29) is 0 Å². The van der Waals surface area contributed by atoms with Gasteiger partial charge in [0.2, 0.25) is 0 Å². The Hall–Kier alpha value is -2.24. The zero-order valence-electron chi connectivity index (χ0n) is 17.3. The minimum atomic E-state index is -0.470. The minimum absolute atomic E-state index is 0.356. The van der Waals surface area contributed by atoms with Crippen molar-refractivity contribution >= 4 is 5.69 Å². The van der Waals surface area contributed by atoms with Crippen molar-refractivity contribution in [3.63, 3.8) is 0 Å². The lowest BCUT2D eigenvalue weighted by atomic mass is 9.91. The van der Waals surface area contributed by atoms with Gasteiger partial charge in [0, 0.05) is 38.4 Å². The van der Waals surface area contributed by atoms with Crippen LogP contribution < -0.4 is 14.4 Å². The third kappa shape index (κ3) is 5.03. The van der Waals surface area contributed by atoms with Gasteiger partial charge in [-0.2, -0.15) is 0 Å². The number of methoxy groups -OCH3 is 1. The topological polar surface area (TPSA) is 45.2 Å². The number of piperazine rings is 1. The number of aryl methyl sites for hydroxylation is 1. The fourth-order valence-corrected chi connectivity index (χ4v) is 4.40. The van der Waals surface area contributed by atoms with E-state index in [9.17, 15) is 5.11 Å². The van der Waals surface area contributed by atoms with E-state index in [4.69, 9.17) is 9.47 Å². The standard InChI is InChI=1S/C24H32N2O3/c1-28-22-11-9-20(10-12-22)26-15-13-25(14-16-26)17-21(27)18-29-24-8-4-6-19-5-2-3-7-23(19)24/h4,6,8-12,21,27H,2-3,5,7,13-18H2,1H3. The molecule has 1 atom stereocenters. The molecule has 1 heterocycles. The molecule has 1 saturated heterocycles. The second kappa shape index (κ2) is 9.51. The third-order valence-electron chi connectivity index (χ3n) is 6.06. The lowest BCUT2D eigenvalue weighted by Crippen LogP contribution is -2.49. The summed E-state index contributed by atoms with van der Waals surface area (Å²) in [5.41, 5.74) is 3.99. The van der Waals surface area contributed by atoms with Crippen LogP contribution in [0.1, 0.15) is 24.0 Å². The van der Waals surface area contributed by atoms with E-state index in [0.717, 1.165) is 50.5 Å². The maximum absolute atomic E-state index is 10.5. The number of rotatable bonds is 7. The van der Waals surface area contributed by atoms with Gasteiger partial charge in [0.05, 0.1) is 7.11 Å². The number of fused-ring (bicyclic) bond motifs is 1. The average molecular weight is 397 g/mol. The Kier molecular flexibility index (Phi) is 6.57. The first-order valence-electron chi connectivity index (χ1n) is 10.8. The first kappa shape index (κ1) is 20.0. The molecule has 0 spiro atoms. The molecule has 156 valence electrons. The van der Waals surface area contributed by atoms with Gasteiger partial charge in [0.25, 0.3) is 0 Å². The molecule has 1 aliphatic carbocycles. The molecule has 0 radical (unpaired) electrons. The molecule has 0 saturated carbocycles. The number of hydrogen-bond acceptors (Lipinski definition) is 5. The van der Waals surface area contributed by atoms with Crippen LogP contribution in [0.4, 0.5) is 5.69 Å². The van der Waals surface area contributed by atoms with Crippen LogP contribution in [0, 0.1) is 0 Å². The largest absolute Gasteiger partial charge is 0.497 e. The lowest BCUT2D eigenvalue weighted by Gasteiger charge is -2.37. The van der Waals surface area contributed by atoms with E-state index in [1.165, 1.54) is 29.7 Å². The van der Waals surface area contributed by atoms with Gasteiger partial charge in [-0.15, -0.1) is 0 Å². The highest BCUT2D eigenvalue weighted by molar-refractivity contribution is 5.49. The Labute approximate surface area is 173 Å². The van der Waals surface area contributed by atoms with Gasteiger partial charge >= 0.3 is 0 Å². The molecule has 0 amide bonds. The number of aliphatic hydroxyl groups is 1. The summed E-state index contributed by atoms with van der Waals surface area (Å²) in [6.07, 6.45) is 4.26. The van der Waals surface area contributed by atoms with Gasteiger partial charge in [-0.25, -0.2) is 0 Å². The molecule has 1 fully saturated rings. The number of ether oxygens (including phenoxy) is 2. The Morgan fingerprint density at radius 2 is 1.72 bits per heavy atom. The number of nitrogens with zero attached hydrogens (tertiary/aromatic N) is 2. The highest BCUT2D eigenvalue weighted by Gasteiger charge is 2.20. The molecule has 2 aromatic rings. The molecule has 5 nitrogen and oxygen atoms in total. The Balaban J connectivity index is 1.23. The van der Waals surface area contributed by atoms with Crippen LogP contribution in [0.2, 0.25) is 0 Å². The summed E-state index contributed by atoms with van der Waals surface area (Å²) in [5.74, 6) is 1.85. The Morgan fingerprint density at radius 1 is 0.966 bits per heavy atom. The highest BCUT2D eigenvalue weighted by Crippen LogP contribution is 2.29. The predicted octanol–water partition coefficient (Wildman–Crippen LogP) is 3.14. The Morgan fingerprint density at radius 3 is 2.48 bits per heavy atom. The summed E-state index contributed by atoms with van der Waals surface area (Å²) in [4.78, 5) is 4.71. The second-order valence-corrected chi connectivity index (χ2v) is 8.05. The van der Waals surface area contributed by atoms with Crippen molar-refractivity contribution in [2.24, 2.45) is 0 Å². The summed E-state index contributed by atoms with van der Waals surface area (Å²) < 4.78 is 11.3. The summed E-state index contributed by atoms with van der Waals surface area (Å²) in [6.45, 7) is 4.84. The van der Waals surface area contributed by atoms with Gasteiger partial charge in [0.15, 0.2) is 0 Å². The van der Waals surface area contributed by atoms with Crippen molar-refractivity contribution < 1.29 is 14.6 Å². The SMILES string of the molecule is COc1ccc(N2CCN(CC(O)COc3cccc4c3CCCC4)CC2)cc1. The van der Waals surface area contributed by atoms with Crippen LogP contribution in [0.15, 0.2) is 42.5 Å². The molecule has 2 aromatic carbocycles. The minimum Gasteiger partial charge on any atom is -0.497 e. The number of anilines is 1. The number of aliphatic hydroxyl groups excluding tert-OH is 1. The zero-order valence-corrected chi connectivity index (χ0v) is 17.3. The zero-order chi connectivity index (χ0) is 20.1. The summed E-state index contributed by atoms with van der Waals surface area (Å²) in [7, 11) is 1.69. The van der Waals surface area contributed by atoms with Crippen LogP contribution in [0.3, 0.4) is 0 Å². The fourth-order valence-electron chi connectivity index (χ4n) is 4.40. The van der Waals surface area contributed by atoms with Crippen LogP contribution in [-0.2, 0) is 12.8 Å². The third-order valence-corrected chi connectivity index (χ3v) is 6.06. The van der Waals surface area contributed by atoms with Crippen LogP contribution in [-0.4, -0.2) is 62.6 Å². The van der Waals surface area contributed by atoms with E-state index >= 15 is 0 Å². The summed E-state index contributed by atoms with van der Waals surface area (Å²) >= 11 is 0.